The van der Waals surface area contributed by atoms with Gasteiger partial charge in [-0.3, -0.25) is 4.99 Å². The first-order valence-corrected chi connectivity index (χ1v) is 8.62. The van der Waals surface area contributed by atoms with Gasteiger partial charge >= 0.3 is 0 Å². The molecule has 0 aromatic heterocycles. The van der Waals surface area contributed by atoms with Crippen molar-refractivity contribution in [2.24, 2.45) is 4.99 Å². The van der Waals surface area contributed by atoms with E-state index in [9.17, 15) is 0 Å². The molecular weight excluding hydrogens is 441 g/mol. The summed E-state index contributed by atoms with van der Waals surface area (Å²) in [5.74, 6) is 2.41. The minimum absolute atomic E-state index is 0. The Labute approximate surface area is 172 Å². The van der Waals surface area contributed by atoms with E-state index in [2.05, 4.69) is 39.5 Å². The van der Waals surface area contributed by atoms with Gasteiger partial charge in [0.25, 0.3) is 0 Å². The lowest BCUT2D eigenvalue weighted by molar-refractivity contribution is 0.310. The van der Waals surface area contributed by atoms with E-state index < -0.39 is 0 Å². The van der Waals surface area contributed by atoms with Gasteiger partial charge in [0.15, 0.2) is 17.5 Å². The molecule has 6 heteroatoms. The van der Waals surface area contributed by atoms with Gasteiger partial charge in [-0.15, -0.1) is 24.0 Å². The van der Waals surface area contributed by atoms with Gasteiger partial charge in [-0.1, -0.05) is 24.3 Å². The predicted octanol–water partition coefficient (Wildman–Crippen LogP) is 3.85. The number of methoxy groups -OCH3 is 1. The number of anilines is 1. The molecule has 0 bridgehead atoms. The maximum Gasteiger partial charge on any atom is 0.198 e. The van der Waals surface area contributed by atoms with Crippen LogP contribution in [0, 0.1) is 0 Å². The number of hydrogen-bond acceptors (Lipinski definition) is 3. The number of benzene rings is 2. The van der Waals surface area contributed by atoms with E-state index in [1.165, 1.54) is 11.3 Å². The quantitative estimate of drug-likeness (QED) is 0.413. The van der Waals surface area contributed by atoms with Crippen molar-refractivity contribution in [3.8, 4) is 11.5 Å². The molecule has 2 aromatic carbocycles. The fourth-order valence-corrected chi connectivity index (χ4v) is 3.13. The van der Waals surface area contributed by atoms with Crippen LogP contribution in [0.2, 0.25) is 0 Å². The number of para-hydroxylation sites is 1. The molecule has 0 fully saturated rings. The number of hydrogen-bond donors (Lipinski definition) is 1. The zero-order valence-corrected chi connectivity index (χ0v) is 17.8. The Balaban J connectivity index is 0.00000243. The van der Waals surface area contributed by atoms with Crippen LogP contribution in [0.15, 0.2) is 47.5 Å². The SMILES string of the molecule is CCOc1cc(CNC(=NC)N2CCc3ccccc32)ccc1OC.I. The first kappa shape index (κ1) is 20.4. The van der Waals surface area contributed by atoms with Crippen LogP contribution in [-0.2, 0) is 13.0 Å². The summed E-state index contributed by atoms with van der Waals surface area (Å²) < 4.78 is 11.0. The van der Waals surface area contributed by atoms with E-state index >= 15 is 0 Å². The van der Waals surface area contributed by atoms with Crippen LogP contribution < -0.4 is 19.7 Å². The van der Waals surface area contributed by atoms with Crippen LogP contribution in [0.4, 0.5) is 5.69 Å². The van der Waals surface area contributed by atoms with E-state index in [0.717, 1.165) is 36.0 Å². The third-order valence-corrected chi connectivity index (χ3v) is 4.33. The maximum atomic E-state index is 5.65. The Kier molecular flexibility index (Phi) is 7.56. The topological polar surface area (TPSA) is 46.1 Å². The van der Waals surface area contributed by atoms with Crippen molar-refractivity contribution >= 4 is 35.6 Å². The number of nitrogens with one attached hydrogen (secondary N) is 1. The van der Waals surface area contributed by atoms with E-state index in [1.54, 1.807) is 7.11 Å². The fourth-order valence-electron chi connectivity index (χ4n) is 3.13. The highest BCUT2D eigenvalue weighted by Gasteiger charge is 2.22. The summed E-state index contributed by atoms with van der Waals surface area (Å²) in [6.45, 7) is 4.21. The van der Waals surface area contributed by atoms with Crippen molar-refractivity contribution in [1.82, 2.24) is 5.32 Å². The van der Waals surface area contributed by atoms with E-state index in [-0.39, 0.29) is 24.0 Å². The van der Waals surface area contributed by atoms with E-state index in [0.29, 0.717) is 13.2 Å². The van der Waals surface area contributed by atoms with Crippen LogP contribution >= 0.6 is 24.0 Å². The molecule has 0 amide bonds. The van der Waals surface area contributed by atoms with Gasteiger partial charge in [0.1, 0.15) is 0 Å². The molecule has 0 aliphatic carbocycles. The third kappa shape index (κ3) is 4.41. The summed E-state index contributed by atoms with van der Waals surface area (Å²) in [6, 6.07) is 14.5. The van der Waals surface area contributed by atoms with Crippen LogP contribution in [0.25, 0.3) is 0 Å². The Bertz CT molecular complexity index is 764. The summed E-state index contributed by atoms with van der Waals surface area (Å²) in [5, 5.41) is 3.45. The Morgan fingerprint density at radius 3 is 2.73 bits per heavy atom. The Hall–Kier alpha value is -1.96. The van der Waals surface area contributed by atoms with Crippen LogP contribution in [0.5, 0.6) is 11.5 Å². The molecule has 26 heavy (non-hydrogen) atoms. The van der Waals surface area contributed by atoms with Crippen LogP contribution in [-0.4, -0.2) is 33.3 Å². The summed E-state index contributed by atoms with van der Waals surface area (Å²) in [4.78, 5) is 6.69. The number of ether oxygens (including phenoxy) is 2. The molecule has 2 aromatic rings. The number of guanidine groups is 1. The number of fused-ring (bicyclic) bond motifs is 1. The van der Waals surface area contributed by atoms with Gasteiger partial charge in [0, 0.05) is 25.8 Å². The van der Waals surface area contributed by atoms with Crippen LogP contribution in [0.1, 0.15) is 18.1 Å². The summed E-state index contributed by atoms with van der Waals surface area (Å²) in [5.41, 5.74) is 3.73. The second kappa shape index (κ2) is 9.66. The maximum absolute atomic E-state index is 5.65. The third-order valence-electron chi connectivity index (χ3n) is 4.33. The van der Waals surface area contributed by atoms with Crippen molar-refractivity contribution in [2.75, 3.05) is 32.2 Å². The van der Waals surface area contributed by atoms with Crippen molar-refractivity contribution in [2.45, 2.75) is 19.9 Å². The second-order valence-electron chi connectivity index (χ2n) is 5.85. The normalized spacial score (nSPS) is 13.0. The molecule has 1 aliphatic rings. The van der Waals surface area contributed by atoms with Gasteiger partial charge in [-0.05, 0) is 42.7 Å². The molecule has 0 atom stereocenters. The summed E-state index contributed by atoms with van der Waals surface area (Å²) >= 11 is 0. The highest BCUT2D eigenvalue weighted by molar-refractivity contribution is 14.0. The number of aliphatic imine (C=N–C) groups is 1. The number of halogens is 1. The standard InChI is InChI=1S/C20H25N3O2.HI/c1-4-25-19-13-15(9-10-18(19)24-3)14-22-20(21-2)23-12-11-16-7-5-6-8-17(16)23;/h5-10,13H,4,11-12,14H2,1-3H3,(H,21,22);1H. The molecule has 1 aliphatic heterocycles. The zero-order valence-electron chi connectivity index (χ0n) is 15.5. The average Bonchev–Trinajstić information content (AvgIpc) is 3.07. The van der Waals surface area contributed by atoms with Crippen molar-refractivity contribution < 1.29 is 9.47 Å². The monoisotopic (exact) mass is 467 g/mol. The van der Waals surface area contributed by atoms with Gasteiger partial charge in [-0.2, -0.15) is 0 Å². The van der Waals surface area contributed by atoms with Crippen molar-refractivity contribution in [3.05, 3.63) is 53.6 Å². The fraction of sp³-hybridized carbons (Fsp3) is 0.350. The van der Waals surface area contributed by atoms with Gasteiger partial charge in [0.2, 0.25) is 0 Å². The molecule has 3 rings (SSSR count). The molecular formula is C20H26IN3O2. The lowest BCUT2D eigenvalue weighted by atomic mass is 10.2. The van der Waals surface area contributed by atoms with E-state index in [1.807, 2.05) is 32.2 Å². The van der Waals surface area contributed by atoms with Gasteiger partial charge < -0.3 is 19.7 Å². The average molecular weight is 467 g/mol. The Morgan fingerprint density at radius 2 is 2.00 bits per heavy atom. The highest BCUT2D eigenvalue weighted by Crippen LogP contribution is 2.29. The number of rotatable bonds is 5. The molecule has 1 heterocycles. The smallest absolute Gasteiger partial charge is 0.198 e. The minimum Gasteiger partial charge on any atom is -0.493 e. The predicted molar refractivity (Wildman–Crippen MR) is 117 cm³/mol. The van der Waals surface area contributed by atoms with Gasteiger partial charge in [0.05, 0.1) is 13.7 Å². The van der Waals surface area contributed by atoms with Crippen molar-refractivity contribution in [1.29, 1.82) is 0 Å². The van der Waals surface area contributed by atoms with Crippen LogP contribution in [0.3, 0.4) is 0 Å². The molecule has 0 unspecified atom stereocenters. The first-order chi connectivity index (χ1) is 12.3. The van der Waals surface area contributed by atoms with Gasteiger partial charge in [-0.25, -0.2) is 0 Å². The molecule has 5 nitrogen and oxygen atoms in total. The van der Waals surface area contributed by atoms with Crippen molar-refractivity contribution in [3.63, 3.8) is 0 Å². The molecule has 1 N–H and O–H groups in total. The molecule has 0 spiro atoms. The first-order valence-electron chi connectivity index (χ1n) is 8.62. The molecule has 0 radical (unpaired) electrons. The Morgan fingerprint density at radius 1 is 1.19 bits per heavy atom. The molecule has 0 saturated carbocycles. The zero-order chi connectivity index (χ0) is 17.6. The lowest BCUT2D eigenvalue weighted by Gasteiger charge is -2.22. The minimum atomic E-state index is 0. The number of nitrogens with zero attached hydrogens (tertiary/aromatic N) is 2. The van der Waals surface area contributed by atoms with E-state index in [4.69, 9.17) is 9.47 Å². The summed E-state index contributed by atoms with van der Waals surface area (Å²) in [6.07, 6.45) is 1.05. The summed E-state index contributed by atoms with van der Waals surface area (Å²) in [7, 11) is 3.48. The largest absolute Gasteiger partial charge is 0.493 e. The molecule has 0 saturated heterocycles. The lowest BCUT2D eigenvalue weighted by Crippen LogP contribution is -2.40. The molecule has 140 valence electrons. The highest BCUT2D eigenvalue weighted by atomic mass is 127. The second-order valence-corrected chi connectivity index (χ2v) is 5.85.